The molecule has 1 aromatic heterocycles. The minimum atomic E-state index is 0.613. The predicted molar refractivity (Wildman–Crippen MR) is 60.8 cm³/mol. The molecule has 13 heavy (non-hydrogen) atoms. The van der Waals surface area contributed by atoms with Crippen LogP contribution in [0.1, 0.15) is 25.6 Å². The van der Waals surface area contributed by atoms with E-state index in [1.54, 1.807) is 11.3 Å². The fourth-order valence-electron chi connectivity index (χ4n) is 0.760. The molecule has 0 atom stereocenters. The topological polar surface area (TPSA) is 27.1 Å². The first-order chi connectivity index (χ1) is 6.25. The quantitative estimate of drug-likeness (QED) is 0.574. The lowest BCUT2D eigenvalue weighted by Crippen LogP contribution is -2.25. The molecule has 1 N–H and O–H groups in total. The Kier molecular flexibility index (Phi) is 6.24. The highest BCUT2D eigenvalue weighted by Gasteiger charge is 2.04. The van der Waals surface area contributed by atoms with E-state index < -0.39 is 0 Å². The summed E-state index contributed by atoms with van der Waals surface area (Å²) >= 11 is 1.61. The highest BCUT2D eigenvalue weighted by Crippen LogP contribution is 2.10. The first kappa shape index (κ1) is 12.2. The molecule has 0 aromatic carbocycles. The van der Waals surface area contributed by atoms with Gasteiger partial charge in [0.05, 0.1) is 4.88 Å². The molecule has 0 aliphatic heterocycles. The lowest BCUT2D eigenvalue weighted by molar-refractivity contribution is 0.534. The minimum Gasteiger partial charge on any atom is -0.359 e. The van der Waals surface area contributed by atoms with Crippen molar-refractivity contribution in [1.82, 2.24) is 4.90 Å². The fraction of sp³-hybridized carbons (Fsp3) is 0.500. The van der Waals surface area contributed by atoms with Gasteiger partial charge in [-0.2, -0.15) is 0 Å². The molecule has 0 saturated carbocycles. The van der Waals surface area contributed by atoms with Crippen LogP contribution in [0.5, 0.6) is 0 Å². The van der Waals surface area contributed by atoms with Crippen LogP contribution < -0.4 is 0 Å². The van der Waals surface area contributed by atoms with E-state index in [-0.39, 0.29) is 0 Å². The van der Waals surface area contributed by atoms with Gasteiger partial charge in [0.2, 0.25) is 0 Å². The summed E-state index contributed by atoms with van der Waals surface area (Å²) in [4.78, 5) is 2.96. The summed E-state index contributed by atoms with van der Waals surface area (Å²) in [6.45, 7) is 6.93. The molecule has 0 aliphatic carbocycles. The van der Waals surface area contributed by atoms with Crippen LogP contribution in [0, 0.1) is 5.41 Å². The standard InChI is InChI=1S/C8H12N2S.C2H6/c1-3-10(2)8(9)7-5-4-6-11-7;1-2/h4-6,9H,3H2,1-2H3;1-2H3. The van der Waals surface area contributed by atoms with Gasteiger partial charge in [-0.3, -0.25) is 5.41 Å². The minimum absolute atomic E-state index is 0.613. The third-order valence-corrected chi connectivity index (χ3v) is 2.49. The molecule has 74 valence electrons. The Morgan fingerprint density at radius 1 is 1.54 bits per heavy atom. The van der Waals surface area contributed by atoms with Crippen LogP contribution in [-0.2, 0) is 0 Å². The normalized spacial score (nSPS) is 8.62. The molecule has 1 heterocycles. The van der Waals surface area contributed by atoms with E-state index in [1.165, 1.54) is 0 Å². The SMILES string of the molecule is CC.CCN(C)C(=N)c1cccs1. The average molecular weight is 198 g/mol. The number of rotatable bonds is 2. The lowest BCUT2D eigenvalue weighted by Gasteiger charge is -2.15. The zero-order valence-corrected chi connectivity index (χ0v) is 9.61. The van der Waals surface area contributed by atoms with E-state index in [9.17, 15) is 0 Å². The smallest absolute Gasteiger partial charge is 0.138 e. The summed E-state index contributed by atoms with van der Waals surface area (Å²) in [6, 6.07) is 3.94. The highest BCUT2D eigenvalue weighted by atomic mass is 32.1. The van der Waals surface area contributed by atoms with Gasteiger partial charge in [0.25, 0.3) is 0 Å². The second-order valence-electron chi connectivity index (χ2n) is 2.34. The van der Waals surface area contributed by atoms with Crippen molar-refractivity contribution in [3.05, 3.63) is 22.4 Å². The molecule has 0 saturated heterocycles. The number of nitrogens with one attached hydrogen (secondary N) is 1. The molecule has 0 radical (unpaired) electrons. The highest BCUT2D eigenvalue weighted by molar-refractivity contribution is 7.12. The van der Waals surface area contributed by atoms with Crippen molar-refractivity contribution in [1.29, 1.82) is 5.41 Å². The Labute approximate surface area is 84.7 Å². The second-order valence-corrected chi connectivity index (χ2v) is 3.29. The van der Waals surface area contributed by atoms with Crippen LogP contribution in [-0.4, -0.2) is 24.3 Å². The molecule has 3 heteroatoms. The van der Waals surface area contributed by atoms with E-state index in [1.807, 2.05) is 50.2 Å². The van der Waals surface area contributed by atoms with E-state index in [0.29, 0.717) is 5.84 Å². The van der Waals surface area contributed by atoms with E-state index in [0.717, 1.165) is 11.4 Å². The second kappa shape index (κ2) is 6.66. The van der Waals surface area contributed by atoms with Gasteiger partial charge in [-0.25, -0.2) is 0 Å². The van der Waals surface area contributed by atoms with Crippen LogP contribution in [0.3, 0.4) is 0 Å². The summed E-state index contributed by atoms with van der Waals surface area (Å²) in [6.07, 6.45) is 0. The summed E-state index contributed by atoms with van der Waals surface area (Å²) in [5.74, 6) is 0.613. The van der Waals surface area contributed by atoms with Crippen molar-refractivity contribution in [3.63, 3.8) is 0 Å². The van der Waals surface area contributed by atoms with Crippen molar-refractivity contribution in [2.24, 2.45) is 0 Å². The van der Waals surface area contributed by atoms with Crippen molar-refractivity contribution >= 4 is 17.2 Å². The summed E-state index contributed by atoms with van der Waals surface area (Å²) in [7, 11) is 1.93. The maximum absolute atomic E-state index is 7.69. The predicted octanol–water partition coefficient (Wildman–Crippen LogP) is 3.05. The van der Waals surface area contributed by atoms with Gasteiger partial charge in [0, 0.05) is 13.6 Å². The number of amidine groups is 1. The van der Waals surface area contributed by atoms with Crippen LogP contribution in [0.25, 0.3) is 0 Å². The Balaban J connectivity index is 0.000000671. The number of hydrogen-bond donors (Lipinski definition) is 1. The Morgan fingerprint density at radius 2 is 2.15 bits per heavy atom. The molecule has 2 nitrogen and oxygen atoms in total. The van der Waals surface area contributed by atoms with Crippen molar-refractivity contribution in [2.45, 2.75) is 20.8 Å². The lowest BCUT2D eigenvalue weighted by atomic mass is 10.4. The summed E-state index contributed by atoms with van der Waals surface area (Å²) in [5, 5.41) is 9.68. The van der Waals surface area contributed by atoms with Gasteiger partial charge in [0.15, 0.2) is 0 Å². The third-order valence-electron chi connectivity index (χ3n) is 1.61. The molecule has 0 amide bonds. The molecule has 1 aromatic rings. The summed E-state index contributed by atoms with van der Waals surface area (Å²) < 4.78 is 0. The third kappa shape index (κ3) is 3.59. The maximum atomic E-state index is 7.69. The van der Waals surface area contributed by atoms with Gasteiger partial charge in [-0.15, -0.1) is 11.3 Å². The van der Waals surface area contributed by atoms with Crippen LogP contribution >= 0.6 is 11.3 Å². The number of thiophene rings is 1. The molecule has 1 rings (SSSR count). The molecular weight excluding hydrogens is 180 g/mol. The largest absolute Gasteiger partial charge is 0.359 e. The fourth-order valence-corrected chi connectivity index (χ4v) is 1.49. The van der Waals surface area contributed by atoms with Crippen molar-refractivity contribution in [3.8, 4) is 0 Å². The summed E-state index contributed by atoms with van der Waals surface area (Å²) in [5.41, 5.74) is 0. The van der Waals surface area contributed by atoms with E-state index in [4.69, 9.17) is 5.41 Å². The van der Waals surface area contributed by atoms with Crippen molar-refractivity contribution < 1.29 is 0 Å². The number of nitrogens with zero attached hydrogens (tertiary/aromatic N) is 1. The maximum Gasteiger partial charge on any atom is 0.138 e. The number of hydrogen-bond acceptors (Lipinski definition) is 2. The van der Waals surface area contributed by atoms with E-state index >= 15 is 0 Å². The van der Waals surface area contributed by atoms with Gasteiger partial charge in [0.1, 0.15) is 5.84 Å². The van der Waals surface area contributed by atoms with Gasteiger partial charge >= 0.3 is 0 Å². The molecule has 0 spiro atoms. The first-order valence-corrected chi connectivity index (χ1v) is 5.47. The van der Waals surface area contributed by atoms with E-state index in [2.05, 4.69) is 0 Å². The van der Waals surface area contributed by atoms with Crippen LogP contribution in [0.4, 0.5) is 0 Å². The van der Waals surface area contributed by atoms with Gasteiger partial charge < -0.3 is 4.90 Å². The van der Waals surface area contributed by atoms with Crippen LogP contribution in [0.15, 0.2) is 17.5 Å². The molecule has 0 fully saturated rings. The van der Waals surface area contributed by atoms with Crippen LogP contribution in [0.2, 0.25) is 0 Å². The Morgan fingerprint density at radius 3 is 2.54 bits per heavy atom. The average Bonchev–Trinajstić information content (AvgIpc) is 2.71. The van der Waals surface area contributed by atoms with Gasteiger partial charge in [-0.1, -0.05) is 19.9 Å². The Hall–Kier alpha value is -0.830. The monoisotopic (exact) mass is 198 g/mol. The van der Waals surface area contributed by atoms with Crippen molar-refractivity contribution in [2.75, 3.05) is 13.6 Å². The zero-order chi connectivity index (χ0) is 10.3. The van der Waals surface area contributed by atoms with Gasteiger partial charge in [-0.05, 0) is 18.4 Å². The Bertz CT molecular complexity index is 229. The molecule has 0 bridgehead atoms. The first-order valence-electron chi connectivity index (χ1n) is 4.59. The zero-order valence-electron chi connectivity index (χ0n) is 8.79. The molecular formula is C10H18N2S. The molecule has 0 aliphatic rings. The molecule has 0 unspecified atom stereocenters.